The molecule has 2 nitrogen and oxygen atoms in total. The van der Waals surface area contributed by atoms with E-state index in [4.69, 9.17) is 19.4 Å². The molecule has 0 atom stereocenters. The Bertz CT molecular complexity index is 950. The zero-order valence-electron chi connectivity index (χ0n) is 22.5. The number of aryl methyl sites for hydroxylation is 2. The fourth-order valence-corrected chi connectivity index (χ4v) is 6.56. The number of halogens is 2. The van der Waals surface area contributed by atoms with E-state index < -0.39 is 13.5 Å². The van der Waals surface area contributed by atoms with Gasteiger partial charge >= 0.3 is 92.1 Å². The Kier molecular flexibility index (Phi) is 10.8. The third-order valence-corrected chi connectivity index (χ3v) is 8.71. The SMILES string of the molecule is CC(C)c1cccc(C(C)C)c1N1[CH-]C(C)(C)CC1(C)C.C[n+]1ccccc1CC[CH]=[Ru]([Cl])[Cl]. The Balaban J connectivity index is 0.000000270. The molecule has 0 spiro atoms. The van der Waals surface area contributed by atoms with Gasteiger partial charge in [-0.1, -0.05) is 66.2 Å². The van der Waals surface area contributed by atoms with Crippen molar-refractivity contribution in [1.29, 1.82) is 0 Å². The van der Waals surface area contributed by atoms with E-state index in [1.165, 1.54) is 28.9 Å². The molecule has 2 aromatic rings. The number of rotatable bonds is 6. The van der Waals surface area contributed by atoms with Crippen LogP contribution < -0.4 is 9.47 Å². The van der Waals surface area contributed by atoms with Gasteiger partial charge in [-0.05, 0) is 36.8 Å². The van der Waals surface area contributed by atoms with Crippen molar-refractivity contribution in [3.05, 3.63) is 66.0 Å². The fourth-order valence-electron chi connectivity index (χ4n) is 5.02. The predicted octanol–water partition coefficient (Wildman–Crippen LogP) is 8.28. The summed E-state index contributed by atoms with van der Waals surface area (Å²) in [5.74, 6) is 1.10. The molecular weight excluding hydrogens is 548 g/mol. The molecule has 1 saturated heterocycles. The van der Waals surface area contributed by atoms with Crippen LogP contribution in [0.3, 0.4) is 0 Å². The van der Waals surface area contributed by atoms with Crippen molar-refractivity contribution < 1.29 is 18.1 Å². The van der Waals surface area contributed by atoms with Gasteiger partial charge in [0.1, 0.15) is 0 Å². The van der Waals surface area contributed by atoms with E-state index in [-0.39, 0.29) is 11.0 Å². The molecule has 0 saturated carbocycles. The maximum atomic E-state index is 5.73. The molecule has 0 N–H and O–H groups in total. The van der Waals surface area contributed by atoms with Crippen molar-refractivity contribution in [2.45, 2.75) is 92.0 Å². The van der Waals surface area contributed by atoms with Crippen molar-refractivity contribution in [2.24, 2.45) is 12.5 Å². The summed E-state index contributed by atoms with van der Waals surface area (Å²) < 4.78 is 4.16. The molecule has 192 valence electrons. The van der Waals surface area contributed by atoms with E-state index in [2.05, 4.69) is 95.7 Å². The Morgan fingerprint density at radius 3 is 2.03 bits per heavy atom. The van der Waals surface area contributed by atoms with Gasteiger partial charge < -0.3 is 4.90 Å². The Morgan fingerprint density at radius 1 is 1.00 bits per heavy atom. The molecule has 0 bridgehead atoms. The molecule has 0 unspecified atom stereocenters. The van der Waals surface area contributed by atoms with Crippen LogP contribution in [0.25, 0.3) is 0 Å². The van der Waals surface area contributed by atoms with Crippen LogP contribution in [0, 0.1) is 12.0 Å². The molecule has 1 aromatic heterocycles. The van der Waals surface area contributed by atoms with Crippen molar-refractivity contribution in [1.82, 2.24) is 0 Å². The third kappa shape index (κ3) is 8.14. The molecule has 1 aliphatic rings. The number of pyridine rings is 1. The van der Waals surface area contributed by atoms with Crippen LogP contribution in [0.2, 0.25) is 0 Å². The summed E-state index contributed by atoms with van der Waals surface area (Å²) in [5.41, 5.74) is 6.16. The number of hydrogen-bond acceptors (Lipinski definition) is 1. The summed E-state index contributed by atoms with van der Waals surface area (Å²) in [5, 5.41) is 0. The number of hydrogen-bond donors (Lipinski definition) is 0. The molecule has 0 radical (unpaired) electrons. The molecule has 1 aromatic carbocycles. The van der Waals surface area contributed by atoms with Gasteiger partial charge in [-0.2, -0.15) is 0 Å². The normalized spacial score (nSPS) is 17.0. The second-order valence-corrected chi connectivity index (χ2v) is 17.2. The quantitative estimate of drug-likeness (QED) is 0.186. The number of anilines is 1. The first-order valence-electron chi connectivity index (χ1n) is 12.3. The molecule has 2 heterocycles. The van der Waals surface area contributed by atoms with Crippen LogP contribution in [-0.4, -0.2) is 10.1 Å². The van der Waals surface area contributed by atoms with E-state index in [0.717, 1.165) is 12.8 Å². The Morgan fingerprint density at radius 2 is 1.59 bits per heavy atom. The van der Waals surface area contributed by atoms with Gasteiger partial charge in [0.2, 0.25) is 0 Å². The second-order valence-electron chi connectivity index (χ2n) is 11.3. The summed E-state index contributed by atoms with van der Waals surface area (Å²) in [6, 6.07) is 13.0. The minimum atomic E-state index is -1.55. The summed E-state index contributed by atoms with van der Waals surface area (Å²) in [7, 11) is 13.5. The molecular formula is C29H44Cl2N2Ru. The minimum absolute atomic E-state index is 0.179. The van der Waals surface area contributed by atoms with E-state index >= 15 is 0 Å². The molecule has 3 rings (SSSR count). The molecule has 1 aliphatic heterocycles. The van der Waals surface area contributed by atoms with Crippen LogP contribution in [0.5, 0.6) is 0 Å². The van der Waals surface area contributed by atoms with Gasteiger partial charge in [-0.3, -0.25) is 0 Å². The molecule has 34 heavy (non-hydrogen) atoms. The topological polar surface area (TPSA) is 7.12 Å². The zero-order chi connectivity index (χ0) is 25.7. The summed E-state index contributed by atoms with van der Waals surface area (Å²) in [6.07, 6.45) is 5.24. The van der Waals surface area contributed by atoms with Crippen LogP contribution in [-0.2, 0) is 27.0 Å². The average Bonchev–Trinajstić information content (AvgIpc) is 2.95. The third-order valence-electron chi connectivity index (χ3n) is 6.38. The van der Waals surface area contributed by atoms with Crippen molar-refractivity contribution in [2.75, 3.05) is 4.90 Å². The number of benzene rings is 1. The van der Waals surface area contributed by atoms with E-state index in [1.807, 2.05) is 30.0 Å². The number of aromatic nitrogens is 1. The molecule has 5 heteroatoms. The first kappa shape index (κ1) is 29.5. The van der Waals surface area contributed by atoms with Gasteiger partial charge in [0, 0.05) is 11.2 Å². The summed E-state index contributed by atoms with van der Waals surface area (Å²) in [4.78, 5) is 2.57. The standard InChI is InChI=1S/C20H32N.C9H12N.2ClH.Ru/c1-14(2)16-10-9-11-17(15(3)4)18(16)21-13-19(5,6)12-20(21,7)8;1-3-6-9-7-4-5-8-10(9)2;;;/h9-11,13-15H,12H2,1-8H3;1,4-5,7-8H,3,6H2,2H3;2*1H;/q-1;+1;;;+2/p-2. The van der Waals surface area contributed by atoms with Crippen LogP contribution >= 0.6 is 19.4 Å². The molecule has 0 amide bonds. The Labute approximate surface area is 222 Å². The summed E-state index contributed by atoms with van der Waals surface area (Å²) >= 11 is -1.55. The van der Waals surface area contributed by atoms with E-state index in [9.17, 15) is 0 Å². The van der Waals surface area contributed by atoms with Crippen molar-refractivity contribution in [3.8, 4) is 0 Å². The van der Waals surface area contributed by atoms with Crippen LogP contribution in [0.4, 0.5) is 5.69 Å². The monoisotopic (exact) mass is 592 g/mol. The van der Waals surface area contributed by atoms with Gasteiger partial charge in [0.15, 0.2) is 0 Å². The molecule has 1 fully saturated rings. The van der Waals surface area contributed by atoms with Gasteiger partial charge in [0.05, 0.1) is 0 Å². The van der Waals surface area contributed by atoms with E-state index in [0.29, 0.717) is 11.8 Å². The maximum absolute atomic E-state index is 5.73. The van der Waals surface area contributed by atoms with Crippen LogP contribution in [0.1, 0.15) is 96.9 Å². The number of para-hydroxylation sites is 1. The number of nitrogens with zero attached hydrogens (tertiary/aromatic N) is 2. The first-order valence-corrected chi connectivity index (χ1v) is 17.8. The van der Waals surface area contributed by atoms with Gasteiger partial charge in [0.25, 0.3) is 0 Å². The van der Waals surface area contributed by atoms with Crippen LogP contribution in [0.15, 0.2) is 42.6 Å². The van der Waals surface area contributed by atoms with Crippen molar-refractivity contribution in [3.63, 3.8) is 0 Å². The van der Waals surface area contributed by atoms with E-state index in [1.54, 1.807) is 0 Å². The first-order chi connectivity index (χ1) is 15.7. The van der Waals surface area contributed by atoms with Crippen molar-refractivity contribution >= 4 is 29.7 Å². The Hall–Kier alpha value is -0.757. The fraction of sp³-hybridized carbons (Fsp3) is 0.552. The molecule has 0 aliphatic carbocycles. The van der Waals surface area contributed by atoms with Gasteiger partial charge in [-0.15, -0.1) is 5.41 Å². The average molecular weight is 593 g/mol. The predicted molar refractivity (Wildman–Crippen MR) is 148 cm³/mol. The zero-order valence-corrected chi connectivity index (χ0v) is 25.7. The van der Waals surface area contributed by atoms with Gasteiger partial charge in [-0.25, -0.2) is 6.54 Å². The summed E-state index contributed by atoms with van der Waals surface area (Å²) in [6.45, 7) is 21.1. The second kappa shape index (κ2) is 12.5.